The van der Waals surface area contributed by atoms with Gasteiger partial charge in [0.25, 0.3) is 11.5 Å². The molecule has 2 aromatic carbocycles. The van der Waals surface area contributed by atoms with Gasteiger partial charge in [-0.05, 0) is 32.0 Å². The fourth-order valence-corrected chi connectivity index (χ4v) is 3.97. The Morgan fingerprint density at radius 3 is 2.72 bits per heavy atom. The van der Waals surface area contributed by atoms with Crippen molar-refractivity contribution in [2.75, 3.05) is 5.32 Å². The molecule has 29 heavy (non-hydrogen) atoms. The van der Waals surface area contributed by atoms with Gasteiger partial charge in [0.2, 0.25) is 5.13 Å². The summed E-state index contributed by atoms with van der Waals surface area (Å²) in [7, 11) is 0. The summed E-state index contributed by atoms with van der Waals surface area (Å²) in [6, 6.07) is 14.7. The van der Waals surface area contributed by atoms with Crippen LogP contribution in [0.2, 0.25) is 0 Å². The SMILES string of the molecule is CCn1c(=O)c(C(=O)Nc2nnc(-c3cccc(C)c3)s2)c(O)c2ccccc21. The monoisotopic (exact) mass is 406 g/mol. The van der Waals surface area contributed by atoms with Crippen LogP contribution in [0.5, 0.6) is 5.75 Å². The van der Waals surface area contributed by atoms with Gasteiger partial charge in [-0.3, -0.25) is 14.9 Å². The Bertz CT molecular complexity index is 1290. The lowest BCUT2D eigenvalue weighted by Gasteiger charge is -2.12. The summed E-state index contributed by atoms with van der Waals surface area (Å²) in [4.78, 5) is 25.7. The largest absolute Gasteiger partial charge is 0.506 e. The minimum atomic E-state index is -0.715. The molecule has 0 spiro atoms. The van der Waals surface area contributed by atoms with Crippen molar-refractivity contribution in [3.63, 3.8) is 0 Å². The van der Waals surface area contributed by atoms with Gasteiger partial charge < -0.3 is 9.67 Å². The smallest absolute Gasteiger partial charge is 0.267 e. The number of nitrogens with one attached hydrogen (secondary N) is 1. The number of nitrogens with zero attached hydrogens (tertiary/aromatic N) is 3. The second-order valence-corrected chi connectivity index (χ2v) is 7.50. The summed E-state index contributed by atoms with van der Waals surface area (Å²) in [6.45, 7) is 4.16. The number of fused-ring (bicyclic) bond motifs is 1. The molecule has 2 aromatic heterocycles. The minimum absolute atomic E-state index is 0.251. The number of carbonyl (C=O) groups excluding carboxylic acids is 1. The third-order valence-electron chi connectivity index (χ3n) is 4.60. The third-order valence-corrected chi connectivity index (χ3v) is 5.49. The number of aromatic nitrogens is 3. The fourth-order valence-electron chi connectivity index (χ4n) is 3.24. The molecule has 0 fully saturated rings. The lowest BCUT2D eigenvalue weighted by Crippen LogP contribution is -2.29. The predicted molar refractivity (Wildman–Crippen MR) is 114 cm³/mol. The van der Waals surface area contributed by atoms with E-state index in [1.807, 2.05) is 38.1 Å². The number of hydrogen-bond acceptors (Lipinski definition) is 6. The molecule has 0 saturated carbocycles. The van der Waals surface area contributed by atoms with Crippen molar-refractivity contribution < 1.29 is 9.90 Å². The van der Waals surface area contributed by atoms with Crippen LogP contribution in [0.3, 0.4) is 0 Å². The highest BCUT2D eigenvalue weighted by Crippen LogP contribution is 2.29. The van der Waals surface area contributed by atoms with Crippen LogP contribution < -0.4 is 10.9 Å². The lowest BCUT2D eigenvalue weighted by atomic mass is 10.1. The molecule has 1 amide bonds. The number of aryl methyl sites for hydroxylation is 2. The highest BCUT2D eigenvalue weighted by atomic mass is 32.1. The highest BCUT2D eigenvalue weighted by Gasteiger charge is 2.23. The summed E-state index contributed by atoms with van der Waals surface area (Å²) < 4.78 is 1.46. The van der Waals surface area contributed by atoms with Crippen molar-refractivity contribution in [2.45, 2.75) is 20.4 Å². The van der Waals surface area contributed by atoms with E-state index in [1.54, 1.807) is 24.3 Å². The van der Waals surface area contributed by atoms with Crippen LogP contribution in [0.15, 0.2) is 53.3 Å². The van der Waals surface area contributed by atoms with Crippen LogP contribution in [0.1, 0.15) is 22.8 Å². The maximum absolute atomic E-state index is 12.8. The van der Waals surface area contributed by atoms with Gasteiger partial charge in [0.1, 0.15) is 16.3 Å². The van der Waals surface area contributed by atoms with Crippen LogP contribution >= 0.6 is 11.3 Å². The van der Waals surface area contributed by atoms with Crippen molar-refractivity contribution in [2.24, 2.45) is 0 Å². The van der Waals surface area contributed by atoms with E-state index in [9.17, 15) is 14.7 Å². The minimum Gasteiger partial charge on any atom is -0.506 e. The summed E-state index contributed by atoms with van der Waals surface area (Å²) >= 11 is 1.20. The average Bonchev–Trinajstić information content (AvgIpc) is 3.17. The first-order chi connectivity index (χ1) is 14.0. The predicted octanol–water partition coefficient (Wildman–Crippen LogP) is 3.81. The number of anilines is 1. The number of para-hydroxylation sites is 1. The molecule has 0 bridgehead atoms. The molecular formula is C21H18N4O3S. The Morgan fingerprint density at radius 1 is 1.17 bits per heavy atom. The first-order valence-corrected chi connectivity index (χ1v) is 9.87. The Kier molecular flexibility index (Phi) is 4.85. The number of hydrogen-bond donors (Lipinski definition) is 2. The van der Waals surface area contributed by atoms with Gasteiger partial charge in [0.05, 0.1) is 5.52 Å². The van der Waals surface area contributed by atoms with E-state index < -0.39 is 11.5 Å². The molecule has 8 heteroatoms. The topological polar surface area (TPSA) is 97.1 Å². The summed E-state index contributed by atoms with van der Waals surface area (Å²) in [5.41, 5.74) is 1.70. The molecule has 7 nitrogen and oxygen atoms in total. The second kappa shape index (κ2) is 7.48. The summed E-state index contributed by atoms with van der Waals surface area (Å²) in [5.74, 6) is -1.05. The van der Waals surface area contributed by atoms with Crippen LogP contribution in [0, 0.1) is 6.92 Å². The molecule has 2 heterocycles. The van der Waals surface area contributed by atoms with E-state index in [-0.39, 0.29) is 16.4 Å². The molecule has 0 unspecified atom stereocenters. The van der Waals surface area contributed by atoms with Crippen LogP contribution in [0.25, 0.3) is 21.5 Å². The van der Waals surface area contributed by atoms with Crippen LogP contribution in [0.4, 0.5) is 5.13 Å². The Balaban J connectivity index is 1.71. The fraction of sp³-hybridized carbons (Fsp3) is 0.143. The number of amides is 1. The quantitative estimate of drug-likeness (QED) is 0.537. The molecule has 0 aliphatic rings. The van der Waals surface area contributed by atoms with E-state index in [0.29, 0.717) is 22.5 Å². The van der Waals surface area contributed by atoms with Gasteiger partial charge in [0.15, 0.2) is 0 Å². The summed E-state index contributed by atoms with van der Waals surface area (Å²) in [6.07, 6.45) is 0. The molecule has 0 saturated heterocycles. The maximum Gasteiger partial charge on any atom is 0.267 e. The van der Waals surface area contributed by atoms with Gasteiger partial charge in [-0.1, -0.05) is 47.2 Å². The Labute approximate surface area is 170 Å². The Morgan fingerprint density at radius 2 is 1.97 bits per heavy atom. The number of pyridine rings is 1. The first-order valence-electron chi connectivity index (χ1n) is 9.06. The molecule has 0 atom stereocenters. The number of aromatic hydroxyl groups is 1. The van der Waals surface area contributed by atoms with Crippen molar-refractivity contribution in [3.8, 4) is 16.3 Å². The molecule has 0 aliphatic carbocycles. The zero-order chi connectivity index (χ0) is 20.5. The molecule has 0 radical (unpaired) electrons. The molecule has 2 N–H and O–H groups in total. The molecular weight excluding hydrogens is 388 g/mol. The average molecular weight is 406 g/mol. The Hall–Kier alpha value is -3.52. The van der Waals surface area contributed by atoms with E-state index in [0.717, 1.165) is 11.1 Å². The van der Waals surface area contributed by atoms with Gasteiger partial charge in [-0.15, -0.1) is 10.2 Å². The number of benzene rings is 2. The zero-order valence-electron chi connectivity index (χ0n) is 15.8. The van der Waals surface area contributed by atoms with E-state index in [4.69, 9.17) is 0 Å². The highest BCUT2D eigenvalue weighted by molar-refractivity contribution is 7.18. The normalized spacial score (nSPS) is 11.0. The van der Waals surface area contributed by atoms with Crippen LogP contribution in [-0.4, -0.2) is 25.8 Å². The second-order valence-electron chi connectivity index (χ2n) is 6.53. The number of rotatable bonds is 4. The molecule has 4 aromatic rings. The van der Waals surface area contributed by atoms with Gasteiger partial charge in [0, 0.05) is 17.5 Å². The van der Waals surface area contributed by atoms with Gasteiger partial charge in [-0.2, -0.15) is 0 Å². The first kappa shape index (κ1) is 18.8. The van der Waals surface area contributed by atoms with Crippen LogP contribution in [-0.2, 0) is 6.54 Å². The molecule has 0 aliphatic heterocycles. The van der Waals surface area contributed by atoms with Crippen molar-refractivity contribution >= 4 is 33.3 Å². The maximum atomic E-state index is 12.8. The van der Waals surface area contributed by atoms with Crippen molar-refractivity contribution in [3.05, 3.63) is 70.0 Å². The van der Waals surface area contributed by atoms with E-state index in [1.165, 1.54) is 15.9 Å². The summed E-state index contributed by atoms with van der Waals surface area (Å²) in [5, 5.41) is 22.7. The lowest BCUT2D eigenvalue weighted by molar-refractivity contribution is 0.102. The van der Waals surface area contributed by atoms with Crippen molar-refractivity contribution in [1.82, 2.24) is 14.8 Å². The third kappa shape index (κ3) is 3.38. The van der Waals surface area contributed by atoms with Gasteiger partial charge in [-0.25, -0.2) is 0 Å². The van der Waals surface area contributed by atoms with Crippen molar-refractivity contribution in [1.29, 1.82) is 0 Å². The molecule has 4 rings (SSSR count). The molecule has 146 valence electrons. The zero-order valence-corrected chi connectivity index (χ0v) is 16.7. The van der Waals surface area contributed by atoms with E-state index in [2.05, 4.69) is 15.5 Å². The van der Waals surface area contributed by atoms with Gasteiger partial charge >= 0.3 is 0 Å². The van der Waals surface area contributed by atoms with E-state index >= 15 is 0 Å². The standard InChI is InChI=1S/C21H18N4O3S/c1-3-25-15-10-5-4-9-14(15)17(26)16(20(25)28)18(27)22-21-24-23-19(29-21)13-8-6-7-12(2)11-13/h4-11,26H,3H2,1-2H3,(H,22,24,27). The number of carbonyl (C=O) groups is 1.